The van der Waals surface area contributed by atoms with Crippen molar-refractivity contribution in [2.45, 2.75) is 18.3 Å². The predicted octanol–water partition coefficient (Wildman–Crippen LogP) is 4.86. The minimum Gasteiger partial charge on any atom is -0.274 e. The van der Waals surface area contributed by atoms with Crippen molar-refractivity contribution in [1.82, 2.24) is 0 Å². The fourth-order valence-corrected chi connectivity index (χ4v) is 6.55. The van der Waals surface area contributed by atoms with Crippen molar-refractivity contribution in [3.05, 3.63) is 98.6 Å². The number of amides is 2. The Labute approximate surface area is 182 Å². The van der Waals surface area contributed by atoms with E-state index in [0.717, 1.165) is 3.57 Å². The molecule has 3 aromatic rings. The third kappa shape index (κ3) is 2.03. The summed E-state index contributed by atoms with van der Waals surface area (Å²) < 4.78 is 1.01. The first-order valence-corrected chi connectivity index (χ1v) is 10.9. The van der Waals surface area contributed by atoms with E-state index in [1.807, 2.05) is 48.5 Å². The van der Waals surface area contributed by atoms with Gasteiger partial charge in [-0.3, -0.25) is 9.59 Å². The second-order valence-electron chi connectivity index (χ2n) is 8.35. The number of rotatable bonds is 1. The molecule has 4 heteroatoms. The lowest BCUT2D eigenvalue weighted by Crippen LogP contribution is -2.51. The maximum atomic E-state index is 13.8. The number of imide groups is 1. The zero-order valence-electron chi connectivity index (χ0n) is 15.8. The van der Waals surface area contributed by atoms with Gasteiger partial charge in [-0.2, -0.15) is 0 Å². The zero-order chi connectivity index (χ0) is 19.9. The second-order valence-corrected chi connectivity index (χ2v) is 9.60. The van der Waals surface area contributed by atoms with Crippen LogP contribution >= 0.6 is 22.6 Å². The molecular formula is C25H18INO2. The zero-order valence-corrected chi connectivity index (χ0v) is 18.0. The molecule has 3 aromatic carbocycles. The van der Waals surface area contributed by atoms with Gasteiger partial charge in [0, 0.05) is 14.9 Å². The second kappa shape index (κ2) is 5.79. The third-order valence-corrected chi connectivity index (χ3v) is 7.78. The van der Waals surface area contributed by atoms with Gasteiger partial charge in [-0.15, -0.1) is 0 Å². The Kier molecular flexibility index (Phi) is 3.47. The van der Waals surface area contributed by atoms with Crippen LogP contribution in [0.2, 0.25) is 0 Å². The average Bonchev–Trinajstić information content (AvgIpc) is 3.00. The fraction of sp³-hybridized carbons (Fsp3) is 0.200. The molecule has 3 nitrogen and oxygen atoms in total. The van der Waals surface area contributed by atoms with Gasteiger partial charge in [0.2, 0.25) is 11.8 Å². The molecule has 0 aromatic heterocycles. The summed E-state index contributed by atoms with van der Waals surface area (Å²) in [4.78, 5) is 28.9. The number of nitrogens with zero attached hydrogens (tertiary/aromatic N) is 1. The van der Waals surface area contributed by atoms with Gasteiger partial charge >= 0.3 is 0 Å². The molecule has 0 spiro atoms. The summed E-state index contributed by atoms with van der Waals surface area (Å²) in [5, 5.41) is 0. The van der Waals surface area contributed by atoms with Gasteiger partial charge in [0.1, 0.15) is 0 Å². The summed E-state index contributed by atoms with van der Waals surface area (Å²) in [5.41, 5.74) is 4.94. The number of hydrogen-bond acceptors (Lipinski definition) is 2. The van der Waals surface area contributed by atoms with Crippen LogP contribution in [0, 0.1) is 15.4 Å². The van der Waals surface area contributed by atoms with E-state index in [9.17, 15) is 9.59 Å². The Bertz CT molecular complexity index is 1170. The number of carbonyl (C=O) groups excluding carboxylic acids is 2. The molecule has 2 bridgehead atoms. The van der Waals surface area contributed by atoms with E-state index in [1.54, 1.807) is 0 Å². The Morgan fingerprint density at radius 3 is 2.07 bits per heavy atom. The van der Waals surface area contributed by atoms with Gasteiger partial charge in [0.05, 0.1) is 17.5 Å². The summed E-state index contributed by atoms with van der Waals surface area (Å²) >= 11 is 2.22. The standard InChI is InChI=1S/C25H18INO2/c1-25-18-11-4-2-9-16(18)20(17-10-3-5-12-19(17)25)21-22(25)24(29)27(23(21)28)15-8-6-7-14(26)13-15/h2-13,20-22H,1H3/t20?,21-,22+,25?/m1/s1. The molecule has 142 valence electrons. The van der Waals surface area contributed by atoms with Crippen molar-refractivity contribution in [2.75, 3.05) is 4.90 Å². The molecule has 0 radical (unpaired) electrons. The van der Waals surface area contributed by atoms with Gasteiger partial charge in [0.15, 0.2) is 0 Å². The average molecular weight is 491 g/mol. The minimum absolute atomic E-state index is 0.0674. The molecule has 0 N–H and O–H groups in total. The number of hydrogen-bond donors (Lipinski definition) is 0. The molecule has 1 aliphatic heterocycles. The first-order valence-electron chi connectivity index (χ1n) is 9.85. The maximum absolute atomic E-state index is 13.8. The molecule has 29 heavy (non-hydrogen) atoms. The summed E-state index contributed by atoms with van der Waals surface area (Å²) in [5.74, 6) is -0.933. The number of benzene rings is 3. The molecule has 3 aliphatic carbocycles. The summed E-state index contributed by atoms with van der Waals surface area (Å²) in [6, 6.07) is 24.4. The minimum atomic E-state index is -0.504. The van der Waals surface area contributed by atoms with Gasteiger partial charge < -0.3 is 0 Å². The first kappa shape index (κ1) is 17.4. The summed E-state index contributed by atoms with van der Waals surface area (Å²) in [7, 11) is 0. The first-order chi connectivity index (χ1) is 14.0. The van der Waals surface area contributed by atoms with Crippen LogP contribution in [-0.4, -0.2) is 11.8 Å². The van der Waals surface area contributed by atoms with E-state index in [-0.39, 0.29) is 29.6 Å². The van der Waals surface area contributed by atoms with Crippen molar-refractivity contribution in [2.24, 2.45) is 11.8 Å². The van der Waals surface area contributed by atoms with Crippen molar-refractivity contribution in [3.63, 3.8) is 0 Å². The molecular weight excluding hydrogens is 473 g/mol. The van der Waals surface area contributed by atoms with Crippen molar-refractivity contribution >= 4 is 40.1 Å². The molecule has 1 heterocycles. The van der Waals surface area contributed by atoms with Crippen molar-refractivity contribution in [1.29, 1.82) is 0 Å². The molecule has 0 saturated carbocycles. The summed E-state index contributed by atoms with van der Waals surface area (Å²) in [6.07, 6.45) is 0. The lowest BCUT2D eigenvalue weighted by molar-refractivity contribution is -0.123. The van der Waals surface area contributed by atoms with E-state index in [1.165, 1.54) is 27.2 Å². The van der Waals surface area contributed by atoms with Crippen LogP contribution in [-0.2, 0) is 15.0 Å². The highest BCUT2D eigenvalue weighted by atomic mass is 127. The molecule has 2 amide bonds. The molecule has 1 fully saturated rings. The SMILES string of the molecule is CC12c3ccccc3C(c3ccccc31)[C@H]1C(=O)N(c3cccc(I)c3)C(=O)[C@H]12. The van der Waals surface area contributed by atoms with E-state index in [0.29, 0.717) is 5.69 Å². The lowest BCUT2D eigenvalue weighted by atomic mass is 9.48. The Balaban J connectivity index is 1.63. The molecule has 2 atom stereocenters. The van der Waals surface area contributed by atoms with Crippen LogP contribution in [0.4, 0.5) is 5.69 Å². The normalized spacial score (nSPS) is 28.9. The predicted molar refractivity (Wildman–Crippen MR) is 120 cm³/mol. The van der Waals surface area contributed by atoms with Crippen LogP contribution < -0.4 is 4.90 Å². The van der Waals surface area contributed by atoms with E-state index in [2.05, 4.69) is 53.8 Å². The highest BCUT2D eigenvalue weighted by molar-refractivity contribution is 14.1. The highest BCUT2D eigenvalue weighted by Gasteiger charge is 2.66. The monoisotopic (exact) mass is 491 g/mol. The van der Waals surface area contributed by atoms with Crippen molar-refractivity contribution < 1.29 is 9.59 Å². The topological polar surface area (TPSA) is 37.4 Å². The van der Waals surface area contributed by atoms with Gasteiger partial charge in [-0.05, 0) is 63.0 Å². The number of carbonyl (C=O) groups is 2. The smallest absolute Gasteiger partial charge is 0.238 e. The van der Waals surface area contributed by atoms with Crippen LogP contribution in [0.3, 0.4) is 0 Å². The number of anilines is 1. The van der Waals surface area contributed by atoms with Crippen LogP contribution in [0.15, 0.2) is 72.8 Å². The van der Waals surface area contributed by atoms with E-state index in [4.69, 9.17) is 0 Å². The van der Waals surface area contributed by atoms with Crippen LogP contribution in [0.25, 0.3) is 0 Å². The maximum Gasteiger partial charge on any atom is 0.238 e. The largest absolute Gasteiger partial charge is 0.274 e. The van der Waals surface area contributed by atoms with Gasteiger partial charge in [-0.1, -0.05) is 61.5 Å². The Hall–Kier alpha value is -2.47. The van der Waals surface area contributed by atoms with E-state index >= 15 is 0 Å². The lowest BCUT2D eigenvalue weighted by Gasteiger charge is -2.52. The third-order valence-electron chi connectivity index (χ3n) is 7.11. The van der Waals surface area contributed by atoms with Gasteiger partial charge in [-0.25, -0.2) is 4.90 Å². The Morgan fingerprint density at radius 1 is 0.828 bits per heavy atom. The van der Waals surface area contributed by atoms with E-state index < -0.39 is 5.41 Å². The molecule has 7 rings (SSSR count). The Morgan fingerprint density at radius 2 is 1.45 bits per heavy atom. The number of halogens is 1. The molecule has 0 unspecified atom stereocenters. The van der Waals surface area contributed by atoms with Crippen LogP contribution in [0.1, 0.15) is 35.1 Å². The molecule has 4 aliphatic rings. The highest BCUT2D eigenvalue weighted by Crippen LogP contribution is 2.64. The van der Waals surface area contributed by atoms with Crippen LogP contribution in [0.5, 0.6) is 0 Å². The fourth-order valence-electron chi connectivity index (χ4n) is 6.02. The summed E-state index contributed by atoms with van der Waals surface area (Å²) in [6.45, 7) is 2.15. The van der Waals surface area contributed by atoms with Gasteiger partial charge in [0.25, 0.3) is 0 Å². The molecule has 1 saturated heterocycles. The van der Waals surface area contributed by atoms with Crippen molar-refractivity contribution in [3.8, 4) is 0 Å². The quantitative estimate of drug-likeness (QED) is 0.360.